The van der Waals surface area contributed by atoms with E-state index in [1.807, 2.05) is 19.1 Å². The van der Waals surface area contributed by atoms with E-state index in [2.05, 4.69) is 33.9 Å². The predicted octanol–water partition coefficient (Wildman–Crippen LogP) is 3.04. The Labute approximate surface area is 152 Å². The first-order valence-corrected chi connectivity index (χ1v) is 8.58. The fourth-order valence-electron chi connectivity index (χ4n) is 2.95. The third kappa shape index (κ3) is 5.60. The number of halogens is 3. The van der Waals surface area contributed by atoms with Crippen LogP contribution in [0.2, 0.25) is 0 Å². The average molecular weight is 373 g/mol. The average Bonchev–Trinajstić information content (AvgIpc) is 3.03. The molecule has 26 heavy (non-hydrogen) atoms. The van der Waals surface area contributed by atoms with Gasteiger partial charge in [0, 0.05) is 30.5 Å². The summed E-state index contributed by atoms with van der Waals surface area (Å²) in [6.07, 6.45) is -4.58. The summed E-state index contributed by atoms with van der Waals surface area (Å²) in [5.41, 5.74) is 2.66. The third-order valence-corrected chi connectivity index (χ3v) is 4.58. The van der Waals surface area contributed by atoms with Crippen molar-refractivity contribution in [2.75, 3.05) is 44.0 Å². The Morgan fingerprint density at radius 3 is 2.69 bits per heavy atom. The SMILES string of the molecule is Cc1ccc(NC(=O)[C@H](C)OCC(F)(F)F)cc1N1CC[C@H](N(C)C)C1. The molecule has 0 saturated carbocycles. The molecular weight excluding hydrogens is 347 g/mol. The number of nitrogens with one attached hydrogen (secondary N) is 1. The number of aryl methyl sites for hydroxylation is 1. The van der Waals surface area contributed by atoms with E-state index in [1.165, 1.54) is 6.92 Å². The molecule has 1 amide bonds. The van der Waals surface area contributed by atoms with E-state index in [4.69, 9.17) is 0 Å². The van der Waals surface area contributed by atoms with Crippen LogP contribution in [0.25, 0.3) is 0 Å². The third-order valence-electron chi connectivity index (χ3n) is 4.58. The van der Waals surface area contributed by atoms with Gasteiger partial charge in [0.2, 0.25) is 0 Å². The Balaban J connectivity index is 2.02. The van der Waals surface area contributed by atoms with E-state index in [-0.39, 0.29) is 0 Å². The number of carbonyl (C=O) groups excluding carboxylic acids is 1. The number of likely N-dealkylation sites (N-methyl/N-ethyl adjacent to an activating group) is 1. The van der Waals surface area contributed by atoms with Crippen LogP contribution in [0.1, 0.15) is 18.9 Å². The van der Waals surface area contributed by atoms with Gasteiger partial charge in [-0.3, -0.25) is 4.79 Å². The Morgan fingerprint density at radius 1 is 1.42 bits per heavy atom. The molecule has 0 aliphatic carbocycles. The van der Waals surface area contributed by atoms with Gasteiger partial charge in [-0.25, -0.2) is 0 Å². The molecule has 2 atom stereocenters. The van der Waals surface area contributed by atoms with Gasteiger partial charge in [-0.2, -0.15) is 13.2 Å². The number of nitrogens with zero attached hydrogens (tertiary/aromatic N) is 2. The highest BCUT2D eigenvalue weighted by atomic mass is 19.4. The molecule has 0 spiro atoms. The van der Waals surface area contributed by atoms with Crippen molar-refractivity contribution in [3.63, 3.8) is 0 Å². The quantitative estimate of drug-likeness (QED) is 0.833. The van der Waals surface area contributed by atoms with Crippen LogP contribution in [0.15, 0.2) is 18.2 Å². The van der Waals surface area contributed by atoms with Crippen molar-refractivity contribution < 1.29 is 22.7 Å². The summed E-state index contributed by atoms with van der Waals surface area (Å²) in [6, 6.07) is 5.98. The van der Waals surface area contributed by atoms with Gasteiger partial charge in [0.15, 0.2) is 0 Å². The minimum absolute atomic E-state index is 0.475. The second-order valence-electron chi connectivity index (χ2n) is 6.91. The minimum atomic E-state index is -4.45. The first-order valence-electron chi connectivity index (χ1n) is 8.58. The molecule has 0 unspecified atom stereocenters. The highest BCUT2D eigenvalue weighted by Gasteiger charge is 2.30. The molecule has 2 rings (SSSR count). The Kier molecular flexibility index (Phi) is 6.52. The molecule has 1 aliphatic heterocycles. The molecule has 0 radical (unpaired) electrons. The molecule has 146 valence electrons. The lowest BCUT2D eigenvalue weighted by molar-refractivity contribution is -0.184. The summed E-state index contributed by atoms with van der Waals surface area (Å²) >= 11 is 0. The molecule has 1 fully saturated rings. The lowest BCUT2D eigenvalue weighted by Gasteiger charge is -2.24. The number of rotatable bonds is 6. The zero-order chi connectivity index (χ0) is 19.5. The van der Waals surface area contributed by atoms with E-state index in [1.54, 1.807) is 6.07 Å². The monoisotopic (exact) mass is 373 g/mol. The van der Waals surface area contributed by atoms with Crippen molar-refractivity contribution in [2.45, 2.75) is 38.6 Å². The van der Waals surface area contributed by atoms with Gasteiger partial charge in [0.05, 0.1) is 0 Å². The zero-order valence-corrected chi connectivity index (χ0v) is 15.6. The van der Waals surface area contributed by atoms with Gasteiger partial charge in [-0.15, -0.1) is 0 Å². The van der Waals surface area contributed by atoms with Crippen molar-refractivity contribution in [1.82, 2.24) is 4.90 Å². The number of amides is 1. The van der Waals surface area contributed by atoms with E-state index < -0.39 is 24.8 Å². The Hall–Kier alpha value is -1.80. The van der Waals surface area contributed by atoms with Gasteiger partial charge < -0.3 is 19.9 Å². The van der Waals surface area contributed by atoms with Gasteiger partial charge in [-0.05, 0) is 52.1 Å². The largest absolute Gasteiger partial charge is 0.411 e. The summed E-state index contributed by atoms with van der Waals surface area (Å²) in [5, 5.41) is 2.63. The summed E-state index contributed by atoms with van der Waals surface area (Å²) < 4.78 is 41.2. The van der Waals surface area contributed by atoms with E-state index >= 15 is 0 Å². The van der Waals surface area contributed by atoms with Crippen LogP contribution < -0.4 is 10.2 Å². The van der Waals surface area contributed by atoms with Crippen molar-refractivity contribution >= 4 is 17.3 Å². The topological polar surface area (TPSA) is 44.8 Å². The lowest BCUT2D eigenvalue weighted by Crippen LogP contribution is -2.32. The summed E-state index contributed by atoms with van der Waals surface area (Å²) in [5.74, 6) is -0.600. The van der Waals surface area contributed by atoms with Gasteiger partial charge in [-0.1, -0.05) is 6.07 Å². The van der Waals surface area contributed by atoms with Crippen molar-refractivity contribution in [3.8, 4) is 0 Å². The number of ether oxygens (including phenoxy) is 1. The maximum Gasteiger partial charge on any atom is 0.411 e. The molecule has 1 heterocycles. The lowest BCUT2D eigenvalue weighted by atomic mass is 10.1. The summed E-state index contributed by atoms with van der Waals surface area (Å²) in [4.78, 5) is 16.5. The molecule has 1 aliphatic rings. The fraction of sp³-hybridized carbons (Fsp3) is 0.611. The molecule has 1 aromatic rings. The number of hydrogen-bond acceptors (Lipinski definition) is 4. The predicted molar refractivity (Wildman–Crippen MR) is 95.6 cm³/mol. The molecule has 1 aromatic carbocycles. The van der Waals surface area contributed by atoms with E-state index in [9.17, 15) is 18.0 Å². The molecule has 1 saturated heterocycles. The molecule has 8 heteroatoms. The highest BCUT2D eigenvalue weighted by Crippen LogP contribution is 2.28. The smallest absolute Gasteiger partial charge is 0.370 e. The highest BCUT2D eigenvalue weighted by molar-refractivity contribution is 5.94. The molecule has 5 nitrogen and oxygen atoms in total. The second-order valence-corrected chi connectivity index (χ2v) is 6.91. The van der Waals surface area contributed by atoms with Gasteiger partial charge in [0.25, 0.3) is 5.91 Å². The zero-order valence-electron chi connectivity index (χ0n) is 15.6. The van der Waals surface area contributed by atoms with Crippen LogP contribution in [0.3, 0.4) is 0 Å². The minimum Gasteiger partial charge on any atom is -0.370 e. The summed E-state index contributed by atoms with van der Waals surface area (Å²) in [7, 11) is 4.11. The Morgan fingerprint density at radius 2 is 2.12 bits per heavy atom. The second kappa shape index (κ2) is 8.26. The molecule has 1 N–H and O–H groups in total. The van der Waals surface area contributed by atoms with E-state index in [0.717, 1.165) is 30.8 Å². The van der Waals surface area contributed by atoms with Crippen LogP contribution in [0, 0.1) is 6.92 Å². The standard InChI is InChI=1S/C18H26F3N3O2/c1-12-5-6-14(22-17(25)13(2)26-11-18(19,20)21)9-16(12)24-8-7-15(10-24)23(3)4/h5-6,9,13,15H,7-8,10-11H2,1-4H3,(H,22,25)/t13-,15-/m0/s1. The number of carbonyl (C=O) groups is 1. The van der Waals surface area contributed by atoms with Crippen molar-refractivity contribution in [3.05, 3.63) is 23.8 Å². The Bertz CT molecular complexity index is 635. The fourth-order valence-corrected chi connectivity index (χ4v) is 2.95. The van der Waals surface area contributed by atoms with Crippen molar-refractivity contribution in [2.24, 2.45) is 0 Å². The first kappa shape index (κ1) is 20.5. The first-order chi connectivity index (χ1) is 12.1. The van der Waals surface area contributed by atoms with Crippen LogP contribution >= 0.6 is 0 Å². The van der Waals surface area contributed by atoms with Gasteiger partial charge in [0.1, 0.15) is 12.7 Å². The van der Waals surface area contributed by atoms with Crippen LogP contribution in [-0.2, 0) is 9.53 Å². The summed E-state index contributed by atoms with van der Waals surface area (Å²) in [6.45, 7) is 3.68. The van der Waals surface area contributed by atoms with Gasteiger partial charge >= 0.3 is 6.18 Å². The molecule has 0 bridgehead atoms. The number of hydrogen-bond donors (Lipinski definition) is 1. The number of benzene rings is 1. The number of anilines is 2. The molecular formula is C18H26F3N3O2. The maximum atomic E-state index is 12.2. The van der Waals surface area contributed by atoms with Crippen molar-refractivity contribution in [1.29, 1.82) is 0 Å². The van der Waals surface area contributed by atoms with E-state index in [0.29, 0.717) is 11.7 Å². The van der Waals surface area contributed by atoms with Crippen LogP contribution in [-0.4, -0.2) is 62.9 Å². The van der Waals surface area contributed by atoms with Crippen LogP contribution in [0.4, 0.5) is 24.5 Å². The molecule has 0 aromatic heterocycles. The normalized spacial score (nSPS) is 19.1. The maximum absolute atomic E-state index is 12.2. The van der Waals surface area contributed by atoms with Crippen LogP contribution in [0.5, 0.6) is 0 Å². The number of alkyl halides is 3.